The van der Waals surface area contributed by atoms with E-state index in [0.717, 1.165) is 12.2 Å². The zero-order valence-electron chi connectivity index (χ0n) is 21.7. The molecule has 2 aliphatic rings. The number of esters is 2. The molecular weight excluding hydrogens is 540 g/mol. The molecule has 1 unspecified atom stereocenters. The van der Waals surface area contributed by atoms with Gasteiger partial charge in [0.2, 0.25) is 11.9 Å². The summed E-state index contributed by atoms with van der Waals surface area (Å²) in [5, 5.41) is 50.6. The molecule has 6 atom stereocenters. The molecule has 0 radical (unpaired) electrons. The number of aliphatic hydroxyl groups is 4. The van der Waals surface area contributed by atoms with Crippen molar-refractivity contribution in [1.29, 1.82) is 0 Å². The maximum Gasteiger partial charge on any atom is 0.350 e. The Labute approximate surface area is 234 Å². The molecule has 1 heterocycles. The number of allylic oxidation sites excluding steroid dienone is 1. The smallest absolute Gasteiger partial charge is 0.350 e. The number of aliphatic hydroxyl groups excluding tert-OH is 3. The number of rotatable bonds is 9. The normalized spacial score (nSPS) is 27.9. The Balaban J connectivity index is 1.49. The van der Waals surface area contributed by atoms with Crippen LogP contribution in [0, 0.1) is 0 Å². The number of phenols is 1. The molecule has 1 aliphatic heterocycles. The zero-order valence-corrected chi connectivity index (χ0v) is 21.7. The van der Waals surface area contributed by atoms with E-state index in [1.54, 1.807) is 24.3 Å². The number of Topliss-reactive ketones (excluding diaryl/α,β-unsaturated/α-hetero) is 1. The number of carbonyl (C=O) groups is 3. The third-order valence-corrected chi connectivity index (χ3v) is 6.59. The molecule has 41 heavy (non-hydrogen) atoms. The highest BCUT2D eigenvalue weighted by atomic mass is 16.7. The summed E-state index contributed by atoms with van der Waals surface area (Å²) < 4.78 is 22.0. The molecule has 4 rings (SSSR count). The van der Waals surface area contributed by atoms with E-state index >= 15 is 0 Å². The highest BCUT2D eigenvalue weighted by Gasteiger charge is 2.48. The molecule has 2 aromatic carbocycles. The van der Waals surface area contributed by atoms with Gasteiger partial charge >= 0.3 is 11.9 Å². The van der Waals surface area contributed by atoms with Crippen molar-refractivity contribution in [3.8, 4) is 11.5 Å². The van der Waals surface area contributed by atoms with Crippen LogP contribution in [0.15, 0.2) is 66.8 Å². The van der Waals surface area contributed by atoms with Gasteiger partial charge in [-0.3, -0.25) is 4.79 Å². The fourth-order valence-electron chi connectivity index (χ4n) is 4.25. The van der Waals surface area contributed by atoms with Gasteiger partial charge in [0.05, 0.1) is 6.61 Å². The fourth-order valence-corrected chi connectivity index (χ4v) is 4.25. The van der Waals surface area contributed by atoms with Crippen molar-refractivity contribution in [2.75, 3.05) is 6.61 Å². The molecule has 1 aliphatic carbocycles. The van der Waals surface area contributed by atoms with Crippen LogP contribution >= 0.6 is 0 Å². The predicted octanol–water partition coefficient (Wildman–Crippen LogP) is 0.529. The van der Waals surface area contributed by atoms with Crippen molar-refractivity contribution >= 4 is 23.8 Å². The van der Waals surface area contributed by atoms with E-state index in [1.165, 1.54) is 36.4 Å². The minimum atomic E-state index is -2.39. The van der Waals surface area contributed by atoms with Gasteiger partial charge < -0.3 is 44.5 Å². The Morgan fingerprint density at radius 2 is 1.80 bits per heavy atom. The van der Waals surface area contributed by atoms with Crippen molar-refractivity contribution in [3.05, 3.63) is 77.9 Å². The first-order chi connectivity index (χ1) is 19.6. The summed E-state index contributed by atoms with van der Waals surface area (Å²) in [7, 11) is 0. The number of aromatic hydroxyl groups is 1. The minimum Gasteiger partial charge on any atom is -0.508 e. The van der Waals surface area contributed by atoms with Crippen LogP contribution in [0.25, 0.3) is 6.08 Å². The Hall–Kier alpha value is -4.07. The van der Waals surface area contributed by atoms with E-state index in [4.69, 9.17) is 18.9 Å². The summed E-state index contributed by atoms with van der Waals surface area (Å²) in [5.74, 6) is -2.63. The van der Waals surface area contributed by atoms with Crippen LogP contribution in [0.2, 0.25) is 0 Å². The highest BCUT2D eigenvalue weighted by Crippen LogP contribution is 2.29. The molecule has 0 spiro atoms. The average molecular weight is 571 g/mol. The van der Waals surface area contributed by atoms with Crippen LogP contribution in [0.4, 0.5) is 0 Å². The topological polar surface area (TPSA) is 189 Å². The molecule has 12 nitrogen and oxygen atoms in total. The first-order valence-corrected chi connectivity index (χ1v) is 12.8. The standard InChI is InChI=1S/C29H30O12/c30-15-21-24(34)25(35)26(41-23(33)13-10-17-8-11-19(31)12-9-17)27(40-21)39-20-6-2-1-5-18(20)16-38-28(36)29(37)14-4-3-7-22(29)32/h1-2,4-6,8-14,21,24-27,30-31,34-35,37H,3,7,15-16H2/b13-10-/t21-,24-,25+,26-,27-,29?/m1/s1. The van der Waals surface area contributed by atoms with E-state index < -0.39 is 67.2 Å². The lowest BCUT2D eigenvalue weighted by Gasteiger charge is -2.41. The van der Waals surface area contributed by atoms with Crippen LogP contribution < -0.4 is 4.74 Å². The van der Waals surface area contributed by atoms with Gasteiger partial charge in [0, 0.05) is 18.1 Å². The lowest BCUT2D eigenvalue weighted by molar-refractivity contribution is -0.281. The SMILES string of the molecule is O=C(/C=C\c1ccc(O)cc1)O[C@H]1[C@H](Oc2ccccc2COC(=O)C2(O)C=CCCC2=O)O[C@H](CO)[C@@H](O)[C@@H]1O. The molecule has 1 saturated heterocycles. The summed E-state index contributed by atoms with van der Waals surface area (Å²) >= 11 is 0. The number of hydrogen-bond acceptors (Lipinski definition) is 12. The molecule has 5 N–H and O–H groups in total. The second kappa shape index (κ2) is 13.1. The van der Waals surface area contributed by atoms with Gasteiger partial charge in [-0.15, -0.1) is 0 Å². The number of para-hydroxylation sites is 1. The highest BCUT2D eigenvalue weighted by molar-refractivity contribution is 6.09. The Bertz CT molecular complexity index is 1300. The molecule has 0 saturated carbocycles. The first-order valence-electron chi connectivity index (χ1n) is 12.8. The Morgan fingerprint density at radius 1 is 1.07 bits per heavy atom. The van der Waals surface area contributed by atoms with Gasteiger partial charge in [0.25, 0.3) is 0 Å². The zero-order chi connectivity index (χ0) is 29.6. The largest absolute Gasteiger partial charge is 0.508 e. The third kappa shape index (κ3) is 6.99. The summed E-state index contributed by atoms with van der Waals surface area (Å²) in [6.07, 6.45) is -2.19. The number of phenolic OH excluding ortho intramolecular Hbond substituents is 1. The molecule has 2 aromatic rings. The third-order valence-electron chi connectivity index (χ3n) is 6.59. The van der Waals surface area contributed by atoms with Crippen molar-refractivity contribution in [2.45, 2.75) is 55.8 Å². The number of ketones is 1. The molecule has 12 heteroatoms. The number of carbonyl (C=O) groups excluding carboxylic acids is 3. The van der Waals surface area contributed by atoms with Crippen LogP contribution in [-0.2, 0) is 35.2 Å². The van der Waals surface area contributed by atoms with Crippen LogP contribution in [-0.4, -0.2) is 86.2 Å². The summed E-state index contributed by atoms with van der Waals surface area (Å²) in [5.41, 5.74) is -1.53. The monoisotopic (exact) mass is 570 g/mol. The van der Waals surface area contributed by atoms with Gasteiger partial charge in [-0.05, 0) is 42.3 Å². The maximum atomic E-state index is 12.6. The second-order valence-electron chi connectivity index (χ2n) is 9.47. The number of ether oxygens (including phenoxy) is 4. The van der Waals surface area contributed by atoms with Crippen LogP contribution in [0.5, 0.6) is 11.5 Å². The fraction of sp³-hybridized carbons (Fsp3) is 0.345. The van der Waals surface area contributed by atoms with Crippen molar-refractivity contribution in [2.24, 2.45) is 0 Å². The molecule has 218 valence electrons. The van der Waals surface area contributed by atoms with Gasteiger partial charge in [-0.2, -0.15) is 0 Å². The van der Waals surface area contributed by atoms with E-state index in [0.29, 0.717) is 12.0 Å². The van der Waals surface area contributed by atoms with Crippen molar-refractivity contribution in [3.63, 3.8) is 0 Å². The average Bonchev–Trinajstić information content (AvgIpc) is 2.97. The molecule has 0 amide bonds. The quantitative estimate of drug-likeness (QED) is 0.122. The molecule has 0 bridgehead atoms. The van der Waals surface area contributed by atoms with E-state index in [2.05, 4.69) is 0 Å². The second-order valence-corrected chi connectivity index (χ2v) is 9.47. The van der Waals surface area contributed by atoms with Gasteiger partial charge in [-0.25, -0.2) is 9.59 Å². The summed E-state index contributed by atoms with van der Waals surface area (Å²) in [4.78, 5) is 37.2. The van der Waals surface area contributed by atoms with Crippen molar-refractivity contribution < 1.29 is 58.9 Å². The van der Waals surface area contributed by atoms with E-state index in [-0.39, 0.29) is 23.5 Å². The van der Waals surface area contributed by atoms with Gasteiger partial charge in [-0.1, -0.05) is 36.4 Å². The summed E-state index contributed by atoms with van der Waals surface area (Å²) in [6.45, 7) is -1.10. The minimum absolute atomic E-state index is 0.00868. The Morgan fingerprint density at radius 3 is 2.51 bits per heavy atom. The van der Waals surface area contributed by atoms with E-state index in [9.17, 15) is 39.9 Å². The van der Waals surface area contributed by atoms with E-state index in [1.807, 2.05) is 0 Å². The van der Waals surface area contributed by atoms with Crippen molar-refractivity contribution in [1.82, 2.24) is 0 Å². The first kappa shape index (κ1) is 29.9. The number of benzene rings is 2. The lowest BCUT2D eigenvalue weighted by atomic mass is 9.90. The lowest BCUT2D eigenvalue weighted by Crippen LogP contribution is -2.61. The number of hydrogen-bond donors (Lipinski definition) is 5. The molecule has 0 aromatic heterocycles. The Kier molecular flexibility index (Phi) is 9.53. The van der Waals surface area contributed by atoms with Crippen LogP contribution in [0.1, 0.15) is 24.0 Å². The molecule has 1 fully saturated rings. The van der Waals surface area contributed by atoms with Gasteiger partial charge in [0.1, 0.15) is 36.4 Å². The molecular formula is C29H30O12. The summed E-state index contributed by atoms with van der Waals surface area (Å²) in [6, 6.07) is 12.2. The van der Waals surface area contributed by atoms with Gasteiger partial charge in [0.15, 0.2) is 11.9 Å². The predicted molar refractivity (Wildman–Crippen MR) is 140 cm³/mol. The van der Waals surface area contributed by atoms with Crippen LogP contribution in [0.3, 0.4) is 0 Å². The maximum absolute atomic E-state index is 12.6.